The van der Waals surface area contributed by atoms with E-state index in [-0.39, 0.29) is 22.8 Å². The number of hydrogen-bond acceptors (Lipinski definition) is 6. The van der Waals surface area contributed by atoms with Gasteiger partial charge in [0.05, 0.1) is 11.0 Å². The molecule has 1 aromatic rings. The van der Waals surface area contributed by atoms with Crippen molar-refractivity contribution in [2.75, 3.05) is 26.4 Å². The molecule has 2 heterocycles. The van der Waals surface area contributed by atoms with Crippen molar-refractivity contribution < 1.29 is 27.4 Å². The van der Waals surface area contributed by atoms with Gasteiger partial charge in [-0.3, -0.25) is 4.79 Å². The van der Waals surface area contributed by atoms with Gasteiger partial charge in [0.25, 0.3) is 0 Å². The first kappa shape index (κ1) is 19.9. The Balaban J connectivity index is 1.69. The van der Waals surface area contributed by atoms with Crippen molar-refractivity contribution in [1.82, 2.24) is 10.0 Å². The van der Waals surface area contributed by atoms with Crippen LogP contribution < -0.4 is 19.5 Å². The minimum absolute atomic E-state index is 0.00355. The van der Waals surface area contributed by atoms with Crippen LogP contribution in [0.25, 0.3) is 0 Å². The second-order valence-corrected chi connectivity index (χ2v) is 8.74. The lowest BCUT2D eigenvalue weighted by Gasteiger charge is -2.23. The van der Waals surface area contributed by atoms with E-state index in [2.05, 4.69) is 10.0 Å². The first-order valence-corrected chi connectivity index (χ1v) is 10.7. The minimum Gasteiger partial charge on any atom is -0.486 e. The summed E-state index contributed by atoms with van der Waals surface area (Å²) < 4.78 is 44.4. The Morgan fingerprint density at radius 1 is 1.19 bits per heavy atom. The molecule has 150 valence electrons. The van der Waals surface area contributed by atoms with E-state index in [0.29, 0.717) is 37.9 Å². The van der Waals surface area contributed by atoms with Crippen molar-refractivity contribution in [3.05, 3.63) is 18.2 Å². The zero-order chi connectivity index (χ0) is 19.4. The molecule has 2 aliphatic heterocycles. The summed E-state index contributed by atoms with van der Waals surface area (Å²) in [7, 11) is -3.90. The zero-order valence-electron chi connectivity index (χ0n) is 15.6. The molecule has 1 fully saturated rings. The number of sulfonamides is 1. The molecule has 3 rings (SSSR count). The summed E-state index contributed by atoms with van der Waals surface area (Å²) in [6.07, 6.45) is 1.87. The molecule has 0 radical (unpaired) electrons. The number of rotatable bonds is 7. The van der Waals surface area contributed by atoms with Crippen LogP contribution in [-0.2, 0) is 19.6 Å². The van der Waals surface area contributed by atoms with Crippen LogP contribution in [0.4, 0.5) is 0 Å². The number of hydrogen-bond donors (Lipinski definition) is 2. The third-order valence-electron chi connectivity index (χ3n) is 4.58. The average Bonchev–Trinajstić information content (AvgIpc) is 3.17. The predicted molar refractivity (Wildman–Crippen MR) is 98.4 cm³/mol. The molecule has 2 atom stereocenters. The monoisotopic (exact) mass is 398 g/mol. The van der Waals surface area contributed by atoms with Crippen LogP contribution >= 0.6 is 0 Å². The van der Waals surface area contributed by atoms with Gasteiger partial charge in [-0.1, -0.05) is 13.8 Å². The van der Waals surface area contributed by atoms with Crippen LogP contribution in [0.5, 0.6) is 11.5 Å². The second kappa shape index (κ2) is 8.45. The topological polar surface area (TPSA) is 103 Å². The summed E-state index contributed by atoms with van der Waals surface area (Å²) in [5, 5.41) is 2.79. The maximum Gasteiger partial charge on any atom is 0.241 e. The molecule has 8 nitrogen and oxygen atoms in total. The van der Waals surface area contributed by atoms with Gasteiger partial charge in [0.15, 0.2) is 11.5 Å². The highest BCUT2D eigenvalue weighted by Gasteiger charge is 2.30. The van der Waals surface area contributed by atoms with Crippen LogP contribution in [0, 0.1) is 5.92 Å². The quantitative estimate of drug-likeness (QED) is 0.712. The van der Waals surface area contributed by atoms with Gasteiger partial charge >= 0.3 is 0 Å². The Kier molecular flexibility index (Phi) is 6.23. The molecule has 1 aromatic carbocycles. The van der Waals surface area contributed by atoms with Crippen molar-refractivity contribution in [2.45, 2.75) is 43.7 Å². The molecule has 27 heavy (non-hydrogen) atoms. The molecule has 1 amide bonds. The summed E-state index contributed by atoms with van der Waals surface area (Å²) in [6, 6.07) is 3.53. The van der Waals surface area contributed by atoms with Gasteiger partial charge in [0, 0.05) is 19.2 Å². The van der Waals surface area contributed by atoms with E-state index in [1.807, 2.05) is 0 Å². The van der Waals surface area contributed by atoms with Crippen molar-refractivity contribution in [3.63, 3.8) is 0 Å². The normalized spacial score (nSPS) is 20.5. The lowest BCUT2D eigenvalue weighted by molar-refractivity contribution is -0.124. The van der Waals surface area contributed by atoms with Crippen molar-refractivity contribution >= 4 is 15.9 Å². The van der Waals surface area contributed by atoms with E-state index in [0.717, 1.165) is 12.8 Å². The molecule has 2 N–H and O–H groups in total. The molecule has 1 saturated heterocycles. The third kappa shape index (κ3) is 4.91. The fourth-order valence-electron chi connectivity index (χ4n) is 3.05. The molecular formula is C18H26N2O6S. The molecule has 9 heteroatoms. The Labute approximate surface area is 159 Å². The number of benzene rings is 1. The van der Waals surface area contributed by atoms with Gasteiger partial charge < -0.3 is 19.5 Å². The number of amides is 1. The largest absolute Gasteiger partial charge is 0.486 e. The Morgan fingerprint density at radius 2 is 1.93 bits per heavy atom. The van der Waals surface area contributed by atoms with Crippen LogP contribution in [0.3, 0.4) is 0 Å². The third-order valence-corrected chi connectivity index (χ3v) is 6.02. The van der Waals surface area contributed by atoms with Crippen LogP contribution in [0.1, 0.15) is 26.7 Å². The summed E-state index contributed by atoms with van der Waals surface area (Å²) in [6.45, 7) is 5.46. The maximum atomic E-state index is 12.8. The van der Waals surface area contributed by atoms with E-state index in [4.69, 9.17) is 14.2 Å². The highest BCUT2D eigenvalue weighted by Crippen LogP contribution is 2.32. The smallest absolute Gasteiger partial charge is 0.241 e. The fraction of sp³-hybridized carbons (Fsp3) is 0.611. The second-order valence-electron chi connectivity index (χ2n) is 7.03. The first-order chi connectivity index (χ1) is 12.9. The van der Waals surface area contributed by atoms with E-state index < -0.39 is 16.1 Å². The predicted octanol–water partition coefficient (Wildman–Crippen LogP) is 1.06. The molecule has 0 saturated carbocycles. The lowest BCUT2D eigenvalue weighted by atomic mass is 10.0. The summed E-state index contributed by atoms with van der Waals surface area (Å²) >= 11 is 0. The number of carbonyl (C=O) groups is 1. The summed E-state index contributed by atoms with van der Waals surface area (Å²) in [5.74, 6) is 0.311. The SMILES string of the molecule is CC(C)[C@@H](NS(=O)(=O)c1ccc2c(c1)OCCO2)C(=O)NC[C@@H]1CCCO1. The first-order valence-electron chi connectivity index (χ1n) is 9.18. The van der Waals surface area contributed by atoms with Crippen LogP contribution in [-0.4, -0.2) is 52.8 Å². The number of ether oxygens (including phenoxy) is 3. The van der Waals surface area contributed by atoms with Crippen LogP contribution in [0.2, 0.25) is 0 Å². The van der Waals surface area contributed by atoms with E-state index >= 15 is 0 Å². The van der Waals surface area contributed by atoms with E-state index in [9.17, 15) is 13.2 Å². The summed E-state index contributed by atoms with van der Waals surface area (Å²) in [4.78, 5) is 12.6. The van der Waals surface area contributed by atoms with Crippen molar-refractivity contribution in [3.8, 4) is 11.5 Å². The number of carbonyl (C=O) groups excluding carboxylic acids is 1. The number of fused-ring (bicyclic) bond motifs is 1. The van der Waals surface area contributed by atoms with Crippen molar-refractivity contribution in [2.24, 2.45) is 5.92 Å². The maximum absolute atomic E-state index is 12.8. The van der Waals surface area contributed by atoms with Gasteiger partial charge in [-0.05, 0) is 30.9 Å². The zero-order valence-corrected chi connectivity index (χ0v) is 16.4. The Morgan fingerprint density at radius 3 is 2.59 bits per heavy atom. The molecular weight excluding hydrogens is 372 g/mol. The minimum atomic E-state index is -3.90. The molecule has 0 aliphatic carbocycles. The molecule has 0 bridgehead atoms. The molecule has 0 spiro atoms. The van der Waals surface area contributed by atoms with Gasteiger partial charge in [-0.15, -0.1) is 0 Å². The van der Waals surface area contributed by atoms with E-state index in [1.165, 1.54) is 12.1 Å². The fourth-order valence-corrected chi connectivity index (χ4v) is 4.41. The van der Waals surface area contributed by atoms with Gasteiger partial charge in [0.2, 0.25) is 15.9 Å². The van der Waals surface area contributed by atoms with Gasteiger partial charge in [-0.25, -0.2) is 8.42 Å². The molecule has 0 aromatic heterocycles. The van der Waals surface area contributed by atoms with Gasteiger partial charge in [0.1, 0.15) is 19.3 Å². The molecule has 0 unspecified atom stereocenters. The standard InChI is InChI=1S/C18H26N2O6S/c1-12(2)17(18(21)19-11-13-4-3-7-24-13)20-27(22,23)14-5-6-15-16(10-14)26-9-8-25-15/h5-6,10,12-13,17,20H,3-4,7-9,11H2,1-2H3,(H,19,21)/t13-,17+/m0/s1. The van der Waals surface area contributed by atoms with Crippen molar-refractivity contribution in [1.29, 1.82) is 0 Å². The summed E-state index contributed by atoms with van der Waals surface area (Å²) in [5.41, 5.74) is 0. The Hall–Kier alpha value is -1.84. The Bertz CT molecular complexity index is 774. The highest BCUT2D eigenvalue weighted by atomic mass is 32.2. The van der Waals surface area contributed by atoms with Gasteiger partial charge in [-0.2, -0.15) is 4.72 Å². The number of nitrogens with one attached hydrogen (secondary N) is 2. The highest BCUT2D eigenvalue weighted by molar-refractivity contribution is 7.89. The average molecular weight is 398 g/mol. The van der Waals surface area contributed by atoms with Crippen LogP contribution in [0.15, 0.2) is 23.1 Å². The lowest BCUT2D eigenvalue weighted by Crippen LogP contribution is -2.50. The molecule has 2 aliphatic rings. The van der Waals surface area contributed by atoms with E-state index in [1.54, 1.807) is 19.9 Å².